The topological polar surface area (TPSA) is 82.3 Å². The molecule has 0 spiro atoms. The normalized spacial score (nSPS) is 10.8. The van der Waals surface area contributed by atoms with Crippen molar-refractivity contribution < 1.29 is 9.53 Å². The zero-order chi connectivity index (χ0) is 21.7. The molecular formula is C21H19BrClN3O4. The van der Waals surface area contributed by atoms with E-state index in [1.165, 1.54) is 23.9 Å². The lowest BCUT2D eigenvalue weighted by Crippen LogP contribution is -2.43. The average Bonchev–Trinajstić information content (AvgIpc) is 2.72. The molecule has 0 saturated heterocycles. The first kappa shape index (κ1) is 22.0. The number of methoxy groups -OCH3 is 1. The number of nitrogens with zero attached hydrogens (tertiary/aromatic N) is 2. The molecule has 7 nitrogen and oxygen atoms in total. The Hall–Kier alpha value is -2.68. The van der Waals surface area contributed by atoms with Crippen LogP contribution in [0, 0.1) is 0 Å². The molecule has 0 fully saturated rings. The van der Waals surface area contributed by atoms with E-state index in [4.69, 9.17) is 16.3 Å². The number of benzene rings is 2. The lowest BCUT2D eigenvalue weighted by atomic mass is 10.2. The number of ether oxygens (including phenoxy) is 1. The van der Waals surface area contributed by atoms with Crippen LogP contribution in [0.5, 0.6) is 0 Å². The second-order valence-corrected chi connectivity index (χ2v) is 7.80. The van der Waals surface area contributed by atoms with Crippen LogP contribution in [0.15, 0.2) is 68.8 Å². The van der Waals surface area contributed by atoms with Crippen molar-refractivity contribution >= 4 is 33.4 Å². The first-order valence-corrected chi connectivity index (χ1v) is 10.2. The Morgan fingerprint density at radius 2 is 1.93 bits per heavy atom. The highest BCUT2D eigenvalue weighted by atomic mass is 79.9. The Morgan fingerprint density at radius 1 is 1.17 bits per heavy atom. The minimum atomic E-state index is -0.720. The van der Waals surface area contributed by atoms with Gasteiger partial charge in [0.1, 0.15) is 5.56 Å². The van der Waals surface area contributed by atoms with Crippen molar-refractivity contribution in [1.29, 1.82) is 0 Å². The zero-order valence-corrected chi connectivity index (χ0v) is 18.4. The van der Waals surface area contributed by atoms with Crippen LogP contribution in [0.3, 0.4) is 0 Å². The van der Waals surface area contributed by atoms with Crippen LogP contribution in [0.25, 0.3) is 5.69 Å². The van der Waals surface area contributed by atoms with Gasteiger partial charge in [-0.25, -0.2) is 9.36 Å². The van der Waals surface area contributed by atoms with Crippen LogP contribution >= 0.6 is 27.5 Å². The maximum Gasteiger partial charge on any atom is 0.335 e. The minimum Gasteiger partial charge on any atom is -0.383 e. The molecule has 2 aromatic carbocycles. The van der Waals surface area contributed by atoms with Crippen molar-refractivity contribution in [3.05, 3.63) is 96.2 Å². The van der Waals surface area contributed by atoms with Crippen molar-refractivity contribution in [3.8, 4) is 5.69 Å². The number of carbonyl (C=O) groups is 1. The van der Waals surface area contributed by atoms with Crippen LogP contribution in [-0.4, -0.2) is 28.8 Å². The molecule has 0 aliphatic rings. The quantitative estimate of drug-likeness (QED) is 0.550. The predicted molar refractivity (Wildman–Crippen MR) is 118 cm³/mol. The summed E-state index contributed by atoms with van der Waals surface area (Å²) in [5.41, 5.74) is -0.308. The molecule has 9 heteroatoms. The van der Waals surface area contributed by atoms with Crippen LogP contribution in [0.1, 0.15) is 15.9 Å². The van der Waals surface area contributed by atoms with Gasteiger partial charge in [-0.1, -0.05) is 45.7 Å². The van der Waals surface area contributed by atoms with Gasteiger partial charge in [0.05, 0.1) is 18.8 Å². The van der Waals surface area contributed by atoms with E-state index >= 15 is 0 Å². The first-order chi connectivity index (χ1) is 14.4. The van der Waals surface area contributed by atoms with Crippen LogP contribution in [-0.2, 0) is 17.8 Å². The van der Waals surface area contributed by atoms with E-state index in [0.29, 0.717) is 5.02 Å². The van der Waals surface area contributed by atoms with Gasteiger partial charge in [0.2, 0.25) is 0 Å². The number of hydrogen-bond acceptors (Lipinski definition) is 4. The molecule has 0 radical (unpaired) electrons. The van der Waals surface area contributed by atoms with Gasteiger partial charge >= 0.3 is 5.69 Å². The Morgan fingerprint density at radius 3 is 2.63 bits per heavy atom. The molecule has 1 amide bonds. The highest BCUT2D eigenvalue weighted by Crippen LogP contribution is 2.13. The van der Waals surface area contributed by atoms with Gasteiger partial charge in [0.25, 0.3) is 11.5 Å². The SMILES string of the molecule is COCCn1cc(C(=O)NCc2cccc(Br)c2)c(=O)n(-c2cccc(Cl)c2)c1=O. The minimum absolute atomic E-state index is 0.152. The summed E-state index contributed by atoms with van der Waals surface area (Å²) in [6.07, 6.45) is 1.26. The number of carbonyl (C=O) groups excluding carboxylic acids is 1. The molecule has 0 aliphatic carbocycles. The van der Waals surface area contributed by atoms with Crippen molar-refractivity contribution in [3.63, 3.8) is 0 Å². The highest BCUT2D eigenvalue weighted by Gasteiger charge is 2.18. The summed E-state index contributed by atoms with van der Waals surface area (Å²) in [7, 11) is 1.50. The maximum absolute atomic E-state index is 13.0. The molecule has 0 saturated carbocycles. The number of amides is 1. The molecule has 3 rings (SSSR count). The fourth-order valence-electron chi connectivity index (χ4n) is 2.88. The van der Waals surface area contributed by atoms with E-state index in [1.54, 1.807) is 18.2 Å². The molecule has 0 aliphatic heterocycles. The van der Waals surface area contributed by atoms with Gasteiger partial charge in [-0.05, 0) is 35.9 Å². The number of aromatic nitrogens is 2. The summed E-state index contributed by atoms with van der Waals surface area (Å²) in [5.74, 6) is -0.582. The average molecular weight is 493 g/mol. The van der Waals surface area contributed by atoms with Gasteiger partial charge in [-0.3, -0.25) is 14.2 Å². The monoisotopic (exact) mass is 491 g/mol. The van der Waals surface area contributed by atoms with Crippen molar-refractivity contribution in [2.75, 3.05) is 13.7 Å². The summed E-state index contributed by atoms with van der Waals surface area (Å²) in [6, 6.07) is 13.8. The molecule has 1 aromatic heterocycles. The Kier molecular flexibility index (Phi) is 7.25. The fraction of sp³-hybridized carbons (Fsp3) is 0.190. The molecule has 1 heterocycles. The van der Waals surface area contributed by atoms with Crippen molar-refractivity contribution in [2.45, 2.75) is 13.1 Å². The number of nitrogens with one attached hydrogen (secondary N) is 1. The first-order valence-electron chi connectivity index (χ1n) is 9.04. The maximum atomic E-state index is 13.0. The summed E-state index contributed by atoms with van der Waals surface area (Å²) in [6.45, 7) is 0.654. The van der Waals surface area contributed by atoms with Crippen LogP contribution < -0.4 is 16.6 Å². The van der Waals surface area contributed by atoms with Crippen LogP contribution in [0.2, 0.25) is 5.02 Å². The third-order valence-corrected chi connectivity index (χ3v) is 5.07. The van der Waals surface area contributed by atoms with E-state index in [9.17, 15) is 14.4 Å². The van der Waals surface area contributed by atoms with Crippen molar-refractivity contribution in [1.82, 2.24) is 14.5 Å². The molecule has 1 N–H and O–H groups in total. The molecule has 0 unspecified atom stereocenters. The lowest BCUT2D eigenvalue weighted by Gasteiger charge is -2.13. The largest absolute Gasteiger partial charge is 0.383 e. The molecule has 0 bridgehead atoms. The molecular weight excluding hydrogens is 474 g/mol. The lowest BCUT2D eigenvalue weighted by molar-refractivity contribution is 0.0947. The third kappa shape index (κ3) is 5.08. The molecule has 3 aromatic rings. The van der Waals surface area contributed by atoms with Crippen LogP contribution in [0.4, 0.5) is 0 Å². The van der Waals surface area contributed by atoms with Gasteiger partial charge in [-0.15, -0.1) is 0 Å². The summed E-state index contributed by atoms with van der Waals surface area (Å²) < 4.78 is 8.14. The van der Waals surface area contributed by atoms with E-state index in [0.717, 1.165) is 14.6 Å². The zero-order valence-electron chi connectivity index (χ0n) is 16.1. The number of rotatable bonds is 7. The van der Waals surface area contributed by atoms with E-state index < -0.39 is 17.2 Å². The summed E-state index contributed by atoms with van der Waals surface area (Å²) in [5, 5.41) is 3.10. The second-order valence-electron chi connectivity index (χ2n) is 6.44. The van der Waals surface area contributed by atoms with E-state index in [-0.39, 0.29) is 30.9 Å². The Labute approximate surface area is 186 Å². The number of hydrogen-bond donors (Lipinski definition) is 1. The standard InChI is InChI=1S/C21H19BrClN3O4/c1-30-9-8-25-13-18(19(27)24-12-14-4-2-5-15(22)10-14)20(28)26(21(25)29)17-7-3-6-16(23)11-17/h2-7,10-11,13H,8-9,12H2,1H3,(H,24,27). The second kappa shape index (κ2) is 9.88. The van der Waals surface area contributed by atoms with Gasteiger partial charge in [-0.2, -0.15) is 0 Å². The van der Waals surface area contributed by atoms with Crippen molar-refractivity contribution in [2.24, 2.45) is 0 Å². The third-order valence-electron chi connectivity index (χ3n) is 4.34. The van der Waals surface area contributed by atoms with Gasteiger partial charge in [0.15, 0.2) is 0 Å². The van der Waals surface area contributed by atoms with Gasteiger partial charge in [0, 0.05) is 29.3 Å². The molecule has 0 atom stereocenters. The summed E-state index contributed by atoms with van der Waals surface area (Å²) >= 11 is 9.41. The van der Waals surface area contributed by atoms with E-state index in [1.807, 2.05) is 24.3 Å². The van der Waals surface area contributed by atoms with Gasteiger partial charge < -0.3 is 10.1 Å². The predicted octanol–water partition coefficient (Wildman–Crippen LogP) is 2.99. The Bertz CT molecular complexity index is 1190. The molecule has 156 valence electrons. The summed E-state index contributed by atoms with van der Waals surface area (Å²) in [4.78, 5) is 38.7. The highest BCUT2D eigenvalue weighted by molar-refractivity contribution is 9.10. The number of halogens is 2. The van der Waals surface area contributed by atoms with E-state index in [2.05, 4.69) is 21.2 Å². The smallest absolute Gasteiger partial charge is 0.335 e. The fourth-order valence-corrected chi connectivity index (χ4v) is 3.51. The Balaban J connectivity index is 2.02. The molecule has 30 heavy (non-hydrogen) atoms.